The molecule has 1 aliphatic rings. The van der Waals surface area contributed by atoms with Crippen LogP contribution in [-0.2, 0) is 13.0 Å². The van der Waals surface area contributed by atoms with E-state index in [0.717, 1.165) is 24.0 Å². The van der Waals surface area contributed by atoms with Gasteiger partial charge in [-0.05, 0) is 42.7 Å². The molecule has 0 heterocycles. The van der Waals surface area contributed by atoms with E-state index in [1.54, 1.807) is 24.3 Å². The molecule has 0 N–H and O–H groups in total. The fraction of sp³-hybridized carbons (Fsp3) is 0.235. The summed E-state index contributed by atoms with van der Waals surface area (Å²) in [6.07, 6.45) is 2.36. The molecule has 1 aliphatic carbocycles. The van der Waals surface area contributed by atoms with Gasteiger partial charge in [0, 0.05) is 17.5 Å². The molecule has 0 saturated carbocycles. The zero-order chi connectivity index (χ0) is 14.8. The molecule has 0 aromatic heterocycles. The van der Waals surface area contributed by atoms with Gasteiger partial charge in [0.1, 0.15) is 18.2 Å². The average Bonchev–Trinajstić information content (AvgIpc) is 2.49. The number of Topliss-reactive ketones (excluding diaryl/α,β-unsaturated/α-hetero) is 1. The lowest BCUT2D eigenvalue weighted by Gasteiger charge is -2.16. The summed E-state index contributed by atoms with van der Waals surface area (Å²) < 4.78 is 19.4. The van der Waals surface area contributed by atoms with Crippen molar-refractivity contribution < 1.29 is 13.9 Å². The highest BCUT2D eigenvalue weighted by molar-refractivity contribution is 6.30. The number of carbonyl (C=O) groups excluding carboxylic acids is 1. The quantitative estimate of drug-likeness (QED) is 0.830. The number of halogens is 2. The molecule has 2 nitrogen and oxygen atoms in total. The molecule has 2 aromatic rings. The van der Waals surface area contributed by atoms with Gasteiger partial charge in [0.15, 0.2) is 5.78 Å². The van der Waals surface area contributed by atoms with Gasteiger partial charge >= 0.3 is 0 Å². The van der Waals surface area contributed by atoms with E-state index < -0.39 is 5.82 Å². The molecule has 0 fully saturated rings. The molecule has 21 heavy (non-hydrogen) atoms. The third-order valence-corrected chi connectivity index (χ3v) is 3.94. The molecule has 0 unspecified atom stereocenters. The number of carbonyl (C=O) groups is 1. The van der Waals surface area contributed by atoms with E-state index in [-0.39, 0.29) is 17.4 Å². The van der Waals surface area contributed by atoms with Crippen LogP contribution in [0.2, 0.25) is 5.02 Å². The van der Waals surface area contributed by atoms with Crippen LogP contribution in [-0.4, -0.2) is 5.78 Å². The van der Waals surface area contributed by atoms with E-state index >= 15 is 0 Å². The lowest BCUT2D eigenvalue weighted by molar-refractivity contribution is 0.0972. The van der Waals surface area contributed by atoms with Gasteiger partial charge in [0.2, 0.25) is 0 Å². The van der Waals surface area contributed by atoms with E-state index in [4.69, 9.17) is 16.3 Å². The van der Waals surface area contributed by atoms with Gasteiger partial charge in [-0.25, -0.2) is 4.39 Å². The molecule has 0 aliphatic heterocycles. The molecule has 2 aromatic carbocycles. The van der Waals surface area contributed by atoms with Crippen molar-refractivity contribution in [3.05, 3.63) is 63.9 Å². The van der Waals surface area contributed by atoms with E-state index in [2.05, 4.69) is 0 Å². The number of rotatable bonds is 3. The lowest BCUT2D eigenvalue weighted by Crippen LogP contribution is -2.10. The summed E-state index contributed by atoms with van der Waals surface area (Å²) in [5.74, 6) is 0.374. The molecular weight excluding hydrogens is 291 g/mol. The molecule has 3 rings (SSSR count). The van der Waals surface area contributed by atoms with Crippen molar-refractivity contribution in [2.24, 2.45) is 0 Å². The maximum atomic E-state index is 13.8. The van der Waals surface area contributed by atoms with Crippen LogP contribution in [0.15, 0.2) is 36.4 Å². The average molecular weight is 305 g/mol. The van der Waals surface area contributed by atoms with Gasteiger partial charge in [-0.1, -0.05) is 23.7 Å². The number of hydrogen-bond acceptors (Lipinski definition) is 2. The smallest absolute Gasteiger partial charge is 0.163 e. The molecule has 0 saturated heterocycles. The van der Waals surface area contributed by atoms with Crippen molar-refractivity contribution in [2.75, 3.05) is 0 Å². The van der Waals surface area contributed by atoms with Gasteiger partial charge in [-0.15, -0.1) is 0 Å². The number of aryl methyl sites for hydroxylation is 1. The Hall–Kier alpha value is -1.87. The van der Waals surface area contributed by atoms with Gasteiger partial charge in [-0.3, -0.25) is 4.79 Å². The summed E-state index contributed by atoms with van der Waals surface area (Å²) >= 11 is 5.74. The number of hydrogen-bond donors (Lipinski definition) is 0. The van der Waals surface area contributed by atoms with E-state index in [9.17, 15) is 9.18 Å². The topological polar surface area (TPSA) is 26.3 Å². The van der Waals surface area contributed by atoms with E-state index in [1.165, 1.54) is 6.07 Å². The van der Waals surface area contributed by atoms with E-state index in [1.807, 2.05) is 6.07 Å². The SMILES string of the molecule is O=C1CCCc2cc(OCc3cccc(Cl)c3F)ccc21. The van der Waals surface area contributed by atoms with Crippen molar-refractivity contribution in [1.29, 1.82) is 0 Å². The normalized spacial score (nSPS) is 13.9. The summed E-state index contributed by atoms with van der Waals surface area (Å²) in [6.45, 7) is 0.110. The lowest BCUT2D eigenvalue weighted by atomic mass is 9.90. The molecule has 0 radical (unpaired) electrons. The highest BCUT2D eigenvalue weighted by atomic mass is 35.5. The highest BCUT2D eigenvalue weighted by Gasteiger charge is 2.17. The molecule has 0 atom stereocenters. The van der Waals surface area contributed by atoms with Crippen LogP contribution in [0, 0.1) is 5.82 Å². The van der Waals surface area contributed by atoms with Crippen LogP contribution in [0.25, 0.3) is 0 Å². The first kappa shape index (κ1) is 14.1. The highest BCUT2D eigenvalue weighted by Crippen LogP contribution is 2.26. The molecule has 0 spiro atoms. The largest absolute Gasteiger partial charge is 0.489 e. The zero-order valence-electron chi connectivity index (χ0n) is 11.4. The third-order valence-electron chi connectivity index (χ3n) is 3.65. The minimum atomic E-state index is -0.452. The second-order valence-electron chi connectivity index (χ2n) is 5.10. The van der Waals surface area contributed by atoms with E-state index in [0.29, 0.717) is 17.7 Å². The Kier molecular flexibility index (Phi) is 3.93. The Morgan fingerprint density at radius 3 is 2.90 bits per heavy atom. The summed E-state index contributed by atoms with van der Waals surface area (Å²) in [4.78, 5) is 11.8. The maximum absolute atomic E-state index is 13.8. The number of ether oxygens (including phenoxy) is 1. The predicted molar refractivity (Wildman–Crippen MR) is 79.5 cm³/mol. The second-order valence-corrected chi connectivity index (χ2v) is 5.50. The van der Waals surface area contributed by atoms with Gasteiger partial charge < -0.3 is 4.74 Å². The number of fused-ring (bicyclic) bond motifs is 1. The number of benzene rings is 2. The Morgan fingerprint density at radius 1 is 1.19 bits per heavy atom. The fourth-order valence-electron chi connectivity index (χ4n) is 2.53. The number of ketones is 1. The summed E-state index contributed by atoms with van der Waals surface area (Å²) in [5.41, 5.74) is 2.20. The Labute approximate surface area is 127 Å². The van der Waals surface area contributed by atoms with Crippen molar-refractivity contribution in [2.45, 2.75) is 25.9 Å². The molecule has 108 valence electrons. The van der Waals surface area contributed by atoms with Crippen molar-refractivity contribution in [3.8, 4) is 5.75 Å². The molecular formula is C17H14ClFO2. The van der Waals surface area contributed by atoms with Crippen molar-refractivity contribution in [3.63, 3.8) is 0 Å². The summed E-state index contributed by atoms with van der Waals surface area (Å²) in [5, 5.41) is 0.0899. The molecule has 4 heteroatoms. The van der Waals surface area contributed by atoms with Crippen LogP contribution < -0.4 is 4.74 Å². The first-order valence-corrected chi connectivity index (χ1v) is 7.25. The van der Waals surface area contributed by atoms with Crippen LogP contribution in [0.5, 0.6) is 5.75 Å². The van der Waals surface area contributed by atoms with Gasteiger partial charge in [0.05, 0.1) is 5.02 Å². The standard InChI is InChI=1S/C17H14ClFO2/c18-15-5-1-4-12(17(15)19)10-21-13-7-8-14-11(9-13)3-2-6-16(14)20/h1,4-5,7-9H,2-3,6,10H2. The zero-order valence-corrected chi connectivity index (χ0v) is 12.1. The Morgan fingerprint density at radius 2 is 2.05 bits per heavy atom. The minimum Gasteiger partial charge on any atom is -0.489 e. The van der Waals surface area contributed by atoms with Crippen LogP contribution in [0.1, 0.15) is 34.3 Å². The minimum absolute atomic E-state index is 0.0899. The maximum Gasteiger partial charge on any atom is 0.163 e. The first-order chi connectivity index (χ1) is 10.1. The molecule has 0 bridgehead atoms. The van der Waals surface area contributed by atoms with Crippen LogP contribution in [0.3, 0.4) is 0 Å². The second kappa shape index (κ2) is 5.86. The fourth-order valence-corrected chi connectivity index (χ4v) is 2.73. The van der Waals surface area contributed by atoms with Crippen molar-refractivity contribution >= 4 is 17.4 Å². The van der Waals surface area contributed by atoms with Crippen LogP contribution in [0.4, 0.5) is 4.39 Å². The predicted octanol–water partition coefficient (Wildman–Crippen LogP) is 4.58. The first-order valence-electron chi connectivity index (χ1n) is 6.87. The molecule has 0 amide bonds. The van der Waals surface area contributed by atoms with Gasteiger partial charge in [-0.2, -0.15) is 0 Å². The Bertz CT molecular complexity index is 697. The van der Waals surface area contributed by atoms with Crippen LogP contribution >= 0.6 is 11.6 Å². The third kappa shape index (κ3) is 2.93. The Balaban J connectivity index is 1.77. The summed E-state index contributed by atoms with van der Waals surface area (Å²) in [7, 11) is 0. The van der Waals surface area contributed by atoms with Gasteiger partial charge in [0.25, 0.3) is 0 Å². The summed E-state index contributed by atoms with van der Waals surface area (Å²) in [6, 6.07) is 10.3. The van der Waals surface area contributed by atoms with Crippen molar-refractivity contribution in [1.82, 2.24) is 0 Å². The monoisotopic (exact) mass is 304 g/mol.